The lowest BCUT2D eigenvalue weighted by molar-refractivity contribution is 0.142. The van der Waals surface area contributed by atoms with E-state index in [1.54, 1.807) is 11.3 Å². The molecule has 1 aromatic heterocycles. The topological polar surface area (TPSA) is 35.2 Å². The summed E-state index contributed by atoms with van der Waals surface area (Å²) in [7, 11) is 0. The van der Waals surface area contributed by atoms with Crippen LogP contribution in [-0.2, 0) is 11.2 Å². The van der Waals surface area contributed by atoms with Crippen LogP contribution in [0.1, 0.15) is 24.6 Å². The number of rotatable bonds is 7. The first kappa shape index (κ1) is 13.2. The van der Waals surface area contributed by atoms with E-state index in [2.05, 4.69) is 27.4 Å². The number of hydrogen-bond acceptors (Lipinski definition) is 3. The molecule has 1 atom stereocenters. The van der Waals surface area contributed by atoms with Gasteiger partial charge in [-0.3, -0.25) is 0 Å². The van der Waals surface area contributed by atoms with E-state index in [1.807, 2.05) is 6.92 Å². The van der Waals surface area contributed by atoms with Crippen LogP contribution in [0.3, 0.4) is 0 Å². The molecule has 1 aromatic rings. The molecule has 0 aliphatic carbocycles. The molecule has 0 saturated carbocycles. The van der Waals surface area contributed by atoms with Crippen molar-refractivity contribution in [3.8, 4) is 0 Å². The standard InChI is InChI=1S/C11H18BrNOS/c1-2-14-6-3-4-9(13)8-11-10(12)5-7-15-11/h5,7,9H,2-4,6,8,13H2,1H3. The van der Waals surface area contributed by atoms with Gasteiger partial charge < -0.3 is 10.5 Å². The SMILES string of the molecule is CCOCCCC(N)Cc1sccc1Br. The summed E-state index contributed by atoms with van der Waals surface area (Å²) in [6.07, 6.45) is 3.05. The molecule has 4 heteroatoms. The molecule has 0 aliphatic rings. The number of hydrogen-bond donors (Lipinski definition) is 1. The van der Waals surface area contributed by atoms with Gasteiger partial charge in [-0.2, -0.15) is 0 Å². The summed E-state index contributed by atoms with van der Waals surface area (Å²) in [5.41, 5.74) is 6.05. The first-order chi connectivity index (χ1) is 7.24. The third-order valence-corrected chi connectivity index (χ3v) is 4.16. The van der Waals surface area contributed by atoms with Gasteiger partial charge in [0.25, 0.3) is 0 Å². The molecule has 0 amide bonds. The van der Waals surface area contributed by atoms with Crippen LogP contribution in [-0.4, -0.2) is 19.3 Å². The van der Waals surface area contributed by atoms with Gasteiger partial charge in [0.1, 0.15) is 0 Å². The van der Waals surface area contributed by atoms with Gasteiger partial charge in [0, 0.05) is 28.6 Å². The Labute approximate surface area is 104 Å². The normalized spacial score (nSPS) is 13.0. The van der Waals surface area contributed by atoms with Crippen LogP contribution in [0.15, 0.2) is 15.9 Å². The highest BCUT2D eigenvalue weighted by molar-refractivity contribution is 9.10. The van der Waals surface area contributed by atoms with E-state index in [-0.39, 0.29) is 6.04 Å². The van der Waals surface area contributed by atoms with E-state index in [0.717, 1.165) is 32.5 Å². The maximum atomic E-state index is 6.05. The van der Waals surface area contributed by atoms with Crippen molar-refractivity contribution in [2.45, 2.75) is 32.2 Å². The van der Waals surface area contributed by atoms with Gasteiger partial charge in [-0.1, -0.05) is 0 Å². The number of nitrogens with two attached hydrogens (primary N) is 1. The molecule has 0 aliphatic heterocycles. The fraction of sp³-hybridized carbons (Fsp3) is 0.636. The molecule has 2 N–H and O–H groups in total. The monoisotopic (exact) mass is 291 g/mol. The average Bonchev–Trinajstić information content (AvgIpc) is 2.59. The van der Waals surface area contributed by atoms with Crippen LogP contribution in [0.25, 0.3) is 0 Å². The predicted molar refractivity (Wildman–Crippen MR) is 69.4 cm³/mol. The first-order valence-corrected chi connectivity index (χ1v) is 6.96. The average molecular weight is 292 g/mol. The van der Waals surface area contributed by atoms with Crippen molar-refractivity contribution in [3.63, 3.8) is 0 Å². The minimum atomic E-state index is 0.250. The van der Waals surface area contributed by atoms with Gasteiger partial charge in [-0.15, -0.1) is 11.3 Å². The van der Waals surface area contributed by atoms with Crippen LogP contribution in [0.2, 0.25) is 0 Å². The zero-order valence-electron chi connectivity index (χ0n) is 9.04. The highest BCUT2D eigenvalue weighted by Gasteiger charge is 2.07. The molecule has 1 rings (SSSR count). The molecule has 0 bridgehead atoms. The molecule has 0 spiro atoms. The Morgan fingerprint density at radius 1 is 1.60 bits per heavy atom. The molecular weight excluding hydrogens is 274 g/mol. The van der Waals surface area contributed by atoms with Crippen molar-refractivity contribution in [2.75, 3.05) is 13.2 Å². The lowest BCUT2D eigenvalue weighted by Crippen LogP contribution is -2.22. The molecule has 0 fully saturated rings. The Balaban J connectivity index is 2.18. The maximum Gasteiger partial charge on any atom is 0.0466 e. The molecule has 1 heterocycles. The second-order valence-electron chi connectivity index (χ2n) is 3.50. The Hall–Kier alpha value is 0.100. The summed E-state index contributed by atoms with van der Waals surface area (Å²) in [5, 5.41) is 2.09. The zero-order chi connectivity index (χ0) is 11.1. The first-order valence-electron chi connectivity index (χ1n) is 5.29. The van der Waals surface area contributed by atoms with E-state index < -0.39 is 0 Å². The molecular formula is C11H18BrNOS. The molecule has 0 radical (unpaired) electrons. The van der Waals surface area contributed by atoms with Crippen LogP contribution < -0.4 is 5.73 Å². The number of halogens is 1. The Morgan fingerprint density at radius 2 is 2.40 bits per heavy atom. The van der Waals surface area contributed by atoms with Crippen molar-refractivity contribution in [3.05, 3.63) is 20.8 Å². The van der Waals surface area contributed by atoms with Gasteiger partial charge >= 0.3 is 0 Å². The van der Waals surface area contributed by atoms with Gasteiger partial charge in [0.2, 0.25) is 0 Å². The number of thiophene rings is 1. The van der Waals surface area contributed by atoms with Crippen LogP contribution in [0, 0.1) is 0 Å². The second kappa shape index (κ2) is 7.39. The highest BCUT2D eigenvalue weighted by atomic mass is 79.9. The summed E-state index contributed by atoms with van der Waals surface area (Å²) < 4.78 is 6.47. The molecule has 1 unspecified atom stereocenters. The third-order valence-electron chi connectivity index (χ3n) is 2.21. The summed E-state index contributed by atoms with van der Waals surface area (Å²) in [4.78, 5) is 1.35. The third kappa shape index (κ3) is 5.11. The maximum absolute atomic E-state index is 6.05. The summed E-state index contributed by atoms with van der Waals surface area (Å²) in [6.45, 7) is 3.64. The van der Waals surface area contributed by atoms with Crippen LogP contribution >= 0.6 is 27.3 Å². The van der Waals surface area contributed by atoms with Crippen LogP contribution in [0.5, 0.6) is 0 Å². The minimum Gasteiger partial charge on any atom is -0.382 e. The largest absolute Gasteiger partial charge is 0.382 e. The lowest BCUT2D eigenvalue weighted by Gasteiger charge is -2.10. The quantitative estimate of drug-likeness (QED) is 0.783. The fourth-order valence-corrected chi connectivity index (χ4v) is 3.01. The second-order valence-corrected chi connectivity index (χ2v) is 5.35. The Bertz CT molecular complexity index is 277. The number of ether oxygens (including phenoxy) is 1. The smallest absolute Gasteiger partial charge is 0.0466 e. The van der Waals surface area contributed by atoms with Crippen molar-refractivity contribution in [2.24, 2.45) is 5.73 Å². The van der Waals surface area contributed by atoms with E-state index >= 15 is 0 Å². The Kier molecular flexibility index (Phi) is 6.48. The zero-order valence-corrected chi connectivity index (χ0v) is 11.4. The fourth-order valence-electron chi connectivity index (χ4n) is 1.40. The molecule has 86 valence electrons. The minimum absolute atomic E-state index is 0.250. The van der Waals surface area contributed by atoms with E-state index in [4.69, 9.17) is 10.5 Å². The van der Waals surface area contributed by atoms with Crippen LogP contribution in [0.4, 0.5) is 0 Å². The molecule has 0 saturated heterocycles. The Morgan fingerprint density at radius 3 is 3.00 bits per heavy atom. The lowest BCUT2D eigenvalue weighted by atomic mass is 10.1. The molecule has 0 aromatic carbocycles. The predicted octanol–water partition coefficient (Wildman–Crippen LogP) is 3.20. The molecule has 2 nitrogen and oxygen atoms in total. The van der Waals surface area contributed by atoms with E-state index in [9.17, 15) is 0 Å². The van der Waals surface area contributed by atoms with E-state index in [0.29, 0.717) is 0 Å². The van der Waals surface area contributed by atoms with Gasteiger partial charge in [0.15, 0.2) is 0 Å². The van der Waals surface area contributed by atoms with Crippen molar-refractivity contribution >= 4 is 27.3 Å². The van der Waals surface area contributed by atoms with E-state index in [1.165, 1.54) is 9.35 Å². The highest BCUT2D eigenvalue weighted by Crippen LogP contribution is 2.24. The summed E-state index contributed by atoms with van der Waals surface area (Å²) in [5.74, 6) is 0. The van der Waals surface area contributed by atoms with Gasteiger partial charge in [-0.25, -0.2) is 0 Å². The van der Waals surface area contributed by atoms with Crippen molar-refractivity contribution < 1.29 is 4.74 Å². The summed E-state index contributed by atoms with van der Waals surface area (Å²) in [6, 6.07) is 2.33. The van der Waals surface area contributed by atoms with Crippen molar-refractivity contribution in [1.82, 2.24) is 0 Å². The summed E-state index contributed by atoms with van der Waals surface area (Å²) >= 11 is 5.28. The molecule has 15 heavy (non-hydrogen) atoms. The van der Waals surface area contributed by atoms with Crippen molar-refractivity contribution in [1.29, 1.82) is 0 Å². The van der Waals surface area contributed by atoms with Gasteiger partial charge in [-0.05, 0) is 53.6 Å². The van der Waals surface area contributed by atoms with Gasteiger partial charge in [0.05, 0.1) is 0 Å².